The normalized spacial score (nSPS) is 15.5. The van der Waals surface area contributed by atoms with Gasteiger partial charge in [-0.1, -0.05) is 12.1 Å². The third-order valence-corrected chi connectivity index (χ3v) is 3.71. The lowest BCUT2D eigenvalue weighted by Gasteiger charge is -2.05. The molecule has 0 spiro atoms. The Hall–Kier alpha value is -2.93. The highest BCUT2D eigenvalue weighted by Gasteiger charge is 2.20. The van der Waals surface area contributed by atoms with E-state index in [9.17, 15) is 9.59 Å². The van der Waals surface area contributed by atoms with Crippen molar-refractivity contribution in [1.82, 2.24) is 5.32 Å². The average Bonchev–Trinajstić information content (AvgIpc) is 3.10. The number of rotatable bonds is 3. The van der Waals surface area contributed by atoms with Crippen molar-refractivity contribution in [2.24, 2.45) is 4.99 Å². The Bertz CT molecular complexity index is 794. The van der Waals surface area contributed by atoms with Gasteiger partial charge in [0.05, 0.1) is 5.56 Å². The van der Waals surface area contributed by atoms with Gasteiger partial charge in [0.25, 0.3) is 5.91 Å². The largest absolute Gasteiger partial charge is 0.478 e. The van der Waals surface area contributed by atoms with E-state index in [1.54, 1.807) is 18.2 Å². The molecule has 1 aromatic carbocycles. The molecular formula is C15H11N3O3S. The number of guanidine groups is 1. The number of aromatic carboxylic acids is 1. The van der Waals surface area contributed by atoms with Crippen molar-refractivity contribution in [3.05, 3.63) is 57.9 Å². The molecular weight excluding hydrogens is 302 g/mol. The Morgan fingerprint density at radius 1 is 1.32 bits per heavy atom. The molecule has 3 N–H and O–H groups in total. The topological polar surface area (TPSA) is 90.8 Å². The van der Waals surface area contributed by atoms with Crippen molar-refractivity contribution < 1.29 is 14.7 Å². The van der Waals surface area contributed by atoms with Crippen LogP contribution in [0.3, 0.4) is 0 Å². The van der Waals surface area contributed by atoms with Gasteiger partial charge in [0.15, 0.2) is 0 Å². The van der Waals surface area contributed by atoms with Crippen LogP contribution in [-0.2, 0) is 4.79 Å². The lowest BCUT2D eigenvalue weighted by molar-refractivity contribution is -0.115. The number of hydrogen-bond acceptors (Lipinski definition) is 5. The van der Waals surface area contributed by atoms with Gasteiger partial charge in [-0.15, -0.1) is 11.3 Å². The van der Waals surface area contributed by atoms with Gasteiger partial charge in [-0.2, -0.15) is 0 Å². The van der Waals surface area contributed by atoms with Crippen molar-refractivity contribution in [1.29, 1.82) is 0 Å². The van der Waals surface area contributed by atoms with Gasteiger partial charge in [0.2, 0.25) is 5.96 Å². The number of aliphatic imine (C=N–C) groups is 1. The fourth-order valence-electron chi connectivity index (χ4n) is 1.90. The van der Waals surface area contributed by atoms with E-state index in [1.807, 2.05) is 17.5 Å². The van der Waals surface area contributed by atoms with Gasteiger partial charge < -0.3 is 10.4 Å². The van der Waals surface area contributed by atoms with Crippen LogP contribution in [0.1, 0.15) is 15.2 Å². The van der Waals surface area contributed by atoms with Crippen LogP contribution < -0.4 is 10.6 Å². The monoisotopic (exact) mass is 313 g/mol. The molecule has 6 nitrogen and oxygen atoms in total. The molecule has 7 heteroatoms. The zero-order chi connectivity index (χ0) is 15.5. The SMILES string of the molecule is O=C1NC(Nc2cccc(C(=O)O)c2)=NC1=Cc1cccs1. The van der Waals surface area contributed by atoms with E-state index >= 15 is 0 Å². The summed E-state index contributed by atoms with van der Waals surface area (Å²) in [5.41, 5.74) is 1.000. The third kappa shape index (κ3) is 3.04. The second-order valence-electron chi connectivity index (χ2n) is 4.47. The number of anilines is 1. The third-order valence-electron chi connectivity index (χ3n) is 2.89. The first kappa shape index (κ1) is 14.0. The van der Waals surface area contributed by atoms with Crippen LogP contribution in [0.4, 0.5) is 5.69 Å². The quantitative estimate of drug-likeness (QED) is 0.759. The van der Waals surface area contributed by atoms with Crippen LogP contribution in [0.15, 0.2) is 52.5 Å². The van der Waals surface area contributed by atoms with Gasteiger partial charge in [-0.3, -0.25) is 10.1 Å². The maximum absolute atomic E-state index is 11.9. The van der Waals surface area contributed by atoms with E-state index in [4.69, 9.17) is 5.11 Å². The van der Waals surface area contributed by atoms with Crippen molar-refractivity contribution in [2.45, 2.75) is 0 Å². The summed E-state index contributed by atoms with van der Waals surface area (Å²) in [4.78, 5) is 27.9. The second kappa shape index (κ2) is 5.82. The Morgan fingerprint density at radius 2 is 2.18 bits per heavy atom. The fraction of sp³-hybridized carbons (Fsp3) is 0. The number of carboxylic acids is 1. The van der Waals surface area contributed by atoms with Crippen molar-refractivity contribution in [2.75, 3.05) is 5.32 Å². The number of benzene rings is 1. The number of thiophene rings is 1. The molecule has 3 rings (SSSR count). The van der Waals surface area contributed by atoms with Crippen LogP contribution in [0.5, 0.6) is 0 Å². The molecule has 0 fully saturated rings. The number of carboxylic acid groups (broad SMARTS) is 1. The number of nitrogens with one attached hydrogen (secondary N) is 2. The zero-order valence-electron chi connectivity index (χ0n) is 11.2. The number of amides is 1. The lowest BCUT2D eigenvalue weighted by Crippen LogP contribution is -2.30. The predicted octanol–water partition coefficient (Wildman–Crippen LogP) is 2.39. The molecule has 0 bridgehead atoms. The Kier molecular flexibility index (Phi) is 3.71. The Balaban J connectivity index is 1.80. The van der Waals surface area contributed by atoms with Crippen LogP contribution in [-0.4, -0.2) is 22.9 Å². The van der Waals surface area contributed by atoms with E-state index in [0.717, 1.165) is 4.88 Å². The maximum atomic E-state index is 11.9. The van der Waals surface area contributed by atoms with E-state index in [-0.39, 0.29) is 17.4 Å². The molecule has 110 valence electrons. The van der Waals surface area contributed by atoms with Gasteiger partial charge in [-0.05, 0) is 35.7 Å². The molecule has 2 aromatic rings. The minimum atomic E-state index is -1.01. The van der Waals surface area contributed by atoms with Crippen LogP contribution in [0.2, 0.25) is 0 Å². The highest BCUT2D eigenvalue weighted by atomic mass is 32.1. The fourth-order valence-corrected chi connectivity index (χ4v) is 2.55. The summed E-state index contributed by atoms with van der Waals surface area (Å²) in [6.45, 7) is 0. The molecule has 0 saturated heterocycles. The lowest BCUT2D eigenvalue weighted by atomic mass is 10.2. The van der Waals surface area contributed by atoms with Gasteiger partial charge in [0, 0.05) is 10.6 Å². The van der Waals surface area contributed by atoms with Gasteiger partial charge in [0.1, 0.15) is 5.70 Å². The average molecular weight is 313 g/mol. The second-order valence-corrected chi connectivity index (χ2v) is 5.45. The van der Waals surface area contributed by atoms with Crippen molar-refractivity contribution in [3.8, 4) is 0 Å². The summed E-state index contributed by atoms with van der Waals surface area (Å²) in [5, 5.41) is 16.4. The van der Waals surface area contributed by atoms with Crippen LogP contribution in [0, 0.1) is 0 Å². The van der Waals surface area contributed by atoms with Crippen LogP contribution >= 0.6 is 11.3 Å². The molecule has 0 atom stereocenters. The molecule has 2 heterocycles. The molecule has 0 unspecified atom stereocenters. The summed E-state index contributed by atoms with van der Waals surface area (Å²) in [7, 11) is 0. The first-order valence-electron chi connectivity index (χ1n) is 6.37. The summed E-state index contributed by atoms with van der Waals surface area (Å²) < 4.78 is 0. The molecule has 1 aliphatic heterocycles. The van der Waals surface area contributed by atoms with Crippen molar-refractivity contribution in [3.63, 3.8) is 0 Å². The summed E-state index contributed by atoms with van der Waals surface area (Å²) in [5.74, 6) is -1.04. The molecule has 1 amide bonds. The molecule has 1 aliphatic rings. The number of hydrogen-bond donors (Lipinski definition) is 3. The summed E-state index contributed by atoms with van der Waals surface area (Å²) >= 11 is 1.51. The maximum Gasteiger partial charge on any atom is 0.335 e. The predicted molar refractivity (Wildman–Crippen MR) is 84.9 cm³/mol. The van der Waals surface area contributed by atoms with E-state index in [1.165, 1.54) is 23.5 Å². The number of carbonyl (C=O) groups excluding carboxylic acids is 1. The smallest absolute Gasteiger partial charge is 0.335 e. The first-order chi connectivity index (χ1) is 10.6. The summed E-state index contributed by atoms with van der Waals surface area (Å²) in [6, 6.07) is 10.1. The number of carbonyl (C=O) groups is 2. The summed E-state index contributed by atoms with van der Waals surface area (Å²) in [6.07, 6.45) is 1.70. The highest BCUT2D eigenvalue weighted by Crippen LogP contribution is 2.17. The molecule has 0 radical (unpaired) electrons. The van der Waals surface area contributed by atoms with Crippen LogP contribution in [0.25, 0.3) is 6.08 Å². The minimum absolute atomic E-state index is 0.157. The van der Waals surface area contributed by atoms with E-state index < -0.39 is 5.97 Å². The van der Waals surface area contributed by atoms with Crippen molar-refractivity contribution >= 4 is 40.9 Å². The van der Waals surface area contributed by atoms with E-state index in [2.05, 4.69) is 15.6 Å². The van der Waals surface area contributed by atoms with E-state index in [0.29, 0.717) is 11.4 Å². The first-order valence-corrected chi connectivity index (χ1v) is 7.25. The van der Waals surface area contributed by atoms with Gasteiger partial charge in [-0.25, -0.2) is 9.79 Å². The highest BCUT2D eigenvalue weighted by molar-refractivity contribution is 7.10. The standard InChI is InChI=1S/C15H11N3O3S/c19-13-12(8-11-5-2-6-22-11)17-15(18-13)16-10-4-1-3-9(7-10)14(20)21/h1-8H,(H,20,21)(H2,16,17,18,19). The molecule has 22 heavy (non-hydrogen) atoms. The Morgan fingerprint density at radius 3 is 2.91 bits per heavy atom. The minimum Gasteiger partial charge on any atom is -0.478 e. The molecule has 1 aromatic heterocycles. The van der Waals surface area contributed by atoms with Gasteiger partial charge >= 0.3 is 5.97 Å². The Labute approximate surface area is 129 Å². The molecule has 0 aliphatic carbocycles. The zero-order valence-corrected chi connectivity index (χ0v) is 12.1. The number of nitrogens with zero attached hydrogens (tertiary/aromatic N) is 1. The molecule has 0 saturated carbocycles.